The van der Waals surface area contributed by atoms with Crippen molar-refractivity contribution in [2.75, 3.05) is 0 Å². The molecule has 0 saturated heterocycles. The van der Waals surface area contributed by atoms with E-state index >= 15 is 0 Å². The summed E-state index contributed by atoms with van der Waals surface area (Å²) in [5.41, 5.74) is 0. The summed E-state index contributed by atoms with van der Waals surface area (Å²) < 4.78 is 5.22. The Balaban J connectivity index is 2.56. The highest BCUT2D eigenvalue weighted by molar-refractivity contribution is 5.75. The van der Waals surface area contributed by atoms with Gasteiger partial charge in [-0.3, -0.25) is 0 Å². The second kappa shape index (κ2) is 1.77. The first-order valence-electron chi connectivity index (χ1n) is 2.91. The molecule has 0 radical (unpaired) electrons. The predicted molar refractivity (Wildman–Crippen MR) is 33.1 cm³/mol. The standard InChI is InChI=1S/C6H11NO/c1-4-5(2)8-6(3)7-4/h4-5H,1-3H3/t4-,5+/m1/s1. The van der Waals surface area contributed by atoms with Gasteiger partial charge < -0.3 is 4.74 Å². The van der Waals surface area contributed by atoms with Crippen molar-refractivity contribution in [3.8, 4) is 0 Å². The lowest BCUT2D eigenvalue weighted by atomic mass is 10.2. The molecule has 0 bridgehead atoms. The summed E-state index contributed by atoms with van der Waals surface area (Å²) in [7, 11) is 0. The number of ether oxygens (including phenoxy) is 1. The van der Waals surface area contributed by atoms with Gasteiger partial charge in [-0.2, -0.15) is 0 Å². The Bertz CT molecular complexity index is 120. The van der Waals surface area contributed by atoms with Crippen LogP contribution in [-0.2, 0) is 4.74 Å². The Kier molecular flexibility index (Phi) is 1.24. The van der Waals surface area contributed by atoms with Gasteiger partial charge in [-0.15, -0.1) is 0 Å². The van der Waals surface area contributed by atoms with Crippen molar-refractivity contribution in [1.29, 1.82) is 0 Å². The van der Waals surface area contributed by atoms with E-state index in [-0.39, 0.29) is 6.10 Å². The molecule has 46 valence electrons. The Morgan fingerprint density at radius 2 is 2.12 bits per heavy atom. The normalized spacial score (nSPS) is 36.6. The van der Waals surface area contributed by atoms with Crippen LogP contribution in [0.15, 0.2) is 4.99 Å². The molecule has 0 N–H and O–H groups in total. The first-order valence-corrected chi connectivity index (χ1v) is 2.91. The molecule has 2 atom stereocenters. The fourth-order valence-electron chi connectivity index (χ4n) is 0.790. The Labute approximate surface area is 49.6 Å². The molecular formula is C6H11NO. The van der Waals surface area contributed by atoms with E-state index in [4.69, 9.17) is 4.74 Å². The van der Waals surface area contributed by atoms with Crippen molar-refractivity contribution in [3.63, 3.8) is 0 Å². The van der Waals surface area contributed by atoms with Crippen molar-refractivity contribution in [3.05, 3.63) is 0 Å². The molecule has 0 unspecified atom stereocenters. The van der Waals surface area contributed by atoms with Crippen LogP contribution in [0.25, 0.3) is 0 Å². The summed E-state index contributed by atoms with van der Waals surface area (Å²) in [4.78, 5) is 4.16. The number of hydrogen-bond acceptors (Lipinski definition) is 2. The van der Waals surface area contributed by atoms with Gasteiger partial charge in [-0.05, 0) is 13.8 Å². The highest BCUT2D eigenvalue weighted by Gasteiger charge is 2.19. The molecule has 0 spiro atoms. The fourth-order valence-corrected chi connectivity index (χ4v) is 0.790. The van der Waals surface area contributed by atoms with Crippen LogP contribution in [-0.4, -0.2) is 18.0 Å². The molecule has 2 nitrogen and oxygen atoms in total. The van der Waals surface area contributed by atoms with Crippen LogP contribution in [0.5, 0.6) is 0 Å². The molecule has 0 aromatic carbocycles. The molecular weight excluding hydrogens is 102 g/mol. The maximum absolute atomic E-state index is 5.22. The number of aliphatic imine (C=N–C) groups is 1. The lowest BCUT2D eigenvalue weighted by Gasteiger charge is -2.05. The lowest BCUT2D eigenvalue weighted by molar-refractivity contribution is 0.217. The highest BCUT2D eigenvalue weighted by atomic mass is 16.5. The summed E-state index contributed by atoms with van der Waals surface area (Å²) in [6.07, 6.45) is 0.287. The van der Waals surface area contributed by atoms with E-state index in [1.54, 1.807) is 0 Å². The Morgan fingerprint density at radius 3 is 2.25 bits per heavy atom. The van der Waals surface area contributed by atoms with E-state index in [1.807, 2.05) is 13.8 Å². The molecule has 1 heterocycles. The largest absolute Gasteiger partial charge is 0.476 e. The minimum atomic E-state index is 0.287. The summed E-state index contributed by atoms with van der Waals surface area (Å²) in [6.45, 7) is 5.98. The number of rotatable bonds is 0. The van der Waals surface area contributed by atoms with Crippen LogP contribution in [0.1, 0.15) is 20.8 Å². The SMILES string of the molecule is CC1=N[C@H](C)[C@H](C)O1. The van der Waals surface area contributed by atoms with Gasteiger partial charge in [-0.25, -0.2) is 4.99 Å². The average Bonchev–Trinajstić information content (AvgIpc) is 1.85. The quantitative estimate of drug-likeness (QED) is 0.462. The summed E-state index contributed by atoms with van der Waals surface area (Å²) in [5, 5.41) is 0. The third kappa shape index (κ3) is 0.831. The molecule has 2 heteroatoms. The monoisotopic (exact) mass is 113 g/mol. The van der Waals surface area contributed by atoms with Crippen LogP contribution in [0.4, 0.5) is 0 Å². The molecule has 1 aliphatic heterocycles. The van der Waals surface area contributed by atoms with Gasteiger partial charge >= 0.3 is 0 Å². The van der Waals surface area contributed by atoms with Crippen molar-refractivity contribution in [2.24, 2.45) is 4.99 Å². The summed E-state index contributed by atoms with van der Waals surface area (Å²) in [5.74, 6) is 0.824. The summed E-state index contributed by atoms with van der Waals surface area (Å²) in [6, 6.07) is 0.356. The molecule has 1 aliphatic rings. The van der Waals surface area contributed by atoms with E-state index in [9.17, 15) is 0 Å². The zero-order valence-corrected chi connectivity index (χ0v) is 5.51. The minimum Gasteiger partial charge on any atom is -0.476 e. The van der Waals surface area contributed by atoms with Crippen molar-refractivity contribution >= 4 is 5.90 Å². The van der Waals surface area contributed by atoms with Crippen LogP contribution >= 0.6 is 0 Å². The predicted octanol–water partition coefficient (Wildman–Crippen LogP) is 1.21. The van der Waals surface area contributed by atoms with Crippen LogP contribution in [0, 0.1) is 0 Å². The topological polar surface area (TPSA) is 21.6 Å². The van der Waals surface area contributed by atoms with Crippen LogP contribution < -0.4 is 0 Å². The lowest BCUT2D eigenvalue weighted by Crippen LogP contribution is -2.13. The van der Waals surface area contributed by atoms with Gasteiger partial charge in [0.05, 0.1) is 6.04 Å². The molecule has 1 rings (SSSR count). The van der Waals surface area contributed by atoms with Crippen molar-refractivity contribution in [1.82, 2.24) is 0 Å². The third-order valence-corrected chi connectivity index (χ3v) is 1.42. The molecule has 0 fully saturated rings. The van der Waals surface area contributed by atoms with Gasteiger partial charge in [-0.1, -0.05) is 0 Å². The second-order valence-electron chi connectivity index (χ2n) is 2.21. The zero-order valence-electron chi connectivity index (χ0n) is 5.51. The average molecular weight is 113 g/mol. The van der Waals surface area contributed by atoms with Crippen molar-refractivity contribution < 1.29 is 4.74 Å². The second-order valence-corrected chi connectivity index (χ2v) is 2.21. The van der Waals surface area contributed by atoms with E-state index in [1.165, 1.54) is 0 Å². The molecule has 0 saturated carbocycles. The first kappa shape index (κ1) is 5.60. The van der Waals surface area contributed by atoms with E-state index < -0.39 is 0 Å². The Morgan fingerprint density at radius 1 is 1.50 bits per heavy atom. The first-order chi connectivity index (χ1) is 3.70. The Hall–Kier alpha value is -0.530. The van der Waals surface area contributed by atoms with Gasteiger partial charge in [0.25, 0.3) is 0 Å². The molecule has 0 amide bonds. The molecule has 0 aliphatic carbocycles. The highest BCUT2D eigenvalue weighted by Crippen LogP contribution is 2.10. The smallest absolute Gasteiger partial charge is 0.180 e. The van der Waals surface area contributed by atoms with Gasteiger partial charge in [0, 0.05) is 6.92 Å². The molecule has 0 aromatic heterocycles. The number of hydrogen-bond donors (Lipinski definition) is 0. The number of nitrogens with zero attached hydrogens (tertiary/aromatic N) is 1. The van der Waals surface area contributed by atoms with Gasteiger partial charge in [0.2, 0.25) is 0 Å². The van der Waals surface area contributed by atoms with Crippen LogP contribution in [0.2, 0.25) is 0 Å². The maximum atomic E-state index is 5.22. The van der Waals surface area contributed by atoms with E-state index in [0.717, 1.165) is 5.90 Å². The van der Waals surface area contributed by atoms with Crippen molar-refractivity contribution in [2.45, 2.75) is 32.9 Å². The zero-order chi connectivity index (χ0) is 6.15. The minimum absolute atomic E-state index is 0.287. The van der Waals surface area contributed by atoms with E-state index in [2.05, 4.69) is 11.9 Å². The van der Waals surface area contributed by atoms with Gasteiger partial charge in [0.1, 0.15) is 6.10 Å². The molecule has 0 aromatic rings. The van der Waals surface area contributed by atoms with Gasteiger partial charge in [0.15, 0.2) is 5.90 Å². The fraction of sp³-hybridized carbons (Fsp3) is 0.833. The molecule has 8 heavy (non-hydrogen) atoms. The van der Waals surface area contributed by atoms with Crippen LogP contribution in [0.3, 0.4) is 0 Å². The van der Waals surface area contributed by atoms with E-state index in [0.29, 0.717) is 6.04 Å². The maximum Gasteiger partial charge on any atom is 0.180 e. The third-order valence-electron chi connectivity index (χ3n) is 1.42. The summed E-state index contributed by atoms with van der Waals surface area (Å²) >= 11 is 0.